The fraction of sp³-hybridized carbons (Fsp3) is 0. The van der Waals surface area contributed by atoms with Crippen molar-refractivity contribution in [2.24, 2.45) is 0 Å². The molecule has 0 saturated carbocycles. The number of hydrogen-bond donors (Lipinski definition) is 2. The number of rotatable bonds is 3. The third kappa shape index (κ3) is 2.50. The first kappa shape index (κ1) is 11.3. The Kier molecular flexibility index (Phi) is 3.39. The normalized spacial score (nSPS) is 10.1. The van der Waals surface area contributed by atoms with Gasteiger partial charge >= 0.3 is 5.97 Å². The van der Waals surface area contributed by atoms with Gasteiger partial charge in [0.15, 0.2) is 10.8 Å². The molecule has 0 bridgehead atoms. The summed E-state index contributed by atoms with van der Waals surface area (Å²) in [6.45, 7) is 0. The van der Waals surface area contributed by atoms with Crippen LogP contribution in [0, 0.1) is 3.57 Å². The molecule has 0 atom stereocenters. The molecule has 2 N–H and O–H groups in total. The highest BCUT2D eigenvalue weighted by Gasteiger charge is 2.09. The molecule has 0 fully saturated rings. The van der Waals surface area contributed by atoms with E-state index in [0.29, 0.717) is 5.13 Å². The lowest BCUT2D eigenvalue weighted by Gasteiger charge is -2.03. The van der Waals surface area contributed by atoms with Crippen LogP contribution in [0.15, 0.2) is 29.6 Å². The summed E-state index contributed by atoms with van der Waals surface area (Å²) in [4.78, 5) is 14.6. The molecule has 0 amide bonds. The fourth-order valence-electron chi connectivity index (χ4n) is 1.11. The zero-order chi connectivity index (χ0) is 11.5. The van der Waals surface area contributed by atoms with Crippen LogP contribution < -0.4 is 5.32 Å². The number of carboxylic acid groups (broad SMARTS) is 1. The van der Waals surface area contributed by atoms with E-state index in [4.69, 9.17) is 5.11 Å². The molecule has 82 valence electrons. The number of carboxylic acids is 1. The van der Waals surface area contributed by atoms with Crippen molar-refractivity contribution in [3.63, 3.8) is 0 Å². The Morgan fingerprint density at radius 3 is 2.81 bits per heavy atom. The van der Waals surface area contributed by atoms with Gasteiger partial charge in [-0.15, -0.1) is 11.3 Å². The summed E-state index contributed by atoms with van der Waals surface area (Å²) in [5, 5.41) is 13.9. The molecule has 0 aliphatic rings. The highest BCUT2D eigenvalue weighted by molar-refractivity contribution is 14.1. The molecule has 0 aliphatic heterocycles. The quantitative estimate of drug-likeness (QED) is 0.838. The second-order valence-corrected chi connectivity index (χ2v) is 4.97. The van der Waals surface area contributed by atoms with Crippen molar-refractivity contribution < 1.29 is 9.90 Å². The van der Waals surface area contributed by atoms with Gasteiger partial charge in [0.05, 0.1) is 5.69 Å². The van der Waals surface area contributed by atoms with Crippen molar-refractivity contribution >= 4 is 50.7 Å². The van der Waals surface area contributed by atoms with Gasteiger partial charge in [0.2, 0.25) is 0 Å². The Morgan fingerprint density at radius 1 is 1.44 bits per heavy atom. The first-order valence-corrected chi connectivity index (χ1v) is 6.33. The second-order valence-electron chi connectivity index (χ2n) is 2.95. The summed E-state index contributed by atoms with van der Waals surface area (Å²) in [7, 11) is 0. The Labute approximate surface area is 109 Å². The van der Waals surface area contributed by atoms with Crippen molar-refractivity contribution in [2.45, 2.75) is 0 Å². The third-order valence-corrected chi connectivity index (χ3v) is 3.54. The van der Waals surface area contributed by atoms with E-state index in [9.17, 15) is 4.79 Å². The van der Waals surface area contributed by atoms with Crippen LogP contribution in [0.4, 0.5) is 10.8 Å². The zero-order valence-corrected chi connectivity index (χ0v) is 10.9. The number of halogens is 1. The van der Waals surface area contributed by atoms with E-state index in [1.54, 1.807) is 0 Å². The molecule has 16 heavy (non-hydrogen) atoms. The van der Waals surface area contributed by atoms with Crippen molar-refractivity contribution in [1.29, 1.82) is 0 Å². The van der Waals surface area contributed by atoms with E-state index in [1.807, 2.05) is 24.3 Å². The number of aromatic nitrogens is 1. The van der Waals surface area contributed by atoms with Gasteiger partial charge in [0, 0.05) is 8.95 Å². The van der Waals surface area contributed by atoms with Gasteiger partial charge in [0.1, 0.15) is 0 Å². The van der Waals surface area contributed by atoms with Gasteiger partial charge in [-0.25, -0.2) is 9.78 Å². The molecule has 4 nitrogen and oxygen atoms in total. The highest BCUT2D eigenvalue weighted by atomic mass is 127. The van der Waals surface area contributed by atoms with Crippen LogP contribution in [0.5, 0.6) is 0 Å². The lowest BCUT2D eigenvalue weighted by Crippen LogP contribution is -1.97. The number of thiazole rings is 1. The van der Waals surface area contributed by atoms with Crippen molar-refractivity contribution in [2.75, 3.05) is 5.32 Å². The van der Waals surface area contributed by atoms with Gasteiger partial charge in [0.25, 0.3) is 0 Å². The molecule has 0 spiro atoms. The predicted octanol–water partition coefficient (Wildman–Crippen LogP) is 3.19. The van der Waals surface area contributed by atoms with Gasteiger partial charge < -0.3 is 10.4 Å². The first-order valence-electron chi connectivity index (χ1n) is 4.37. The number of nitrogens with one attached hydrogen (secondary N) is 1. The minimum Gasteiger partial charge on any atom is -0.476 e. The second kappa shape index (κ2) is 4.79. The largest absolute Gasteiger partial charge is 0.476 e. The van der Waals surface area contributed by atoms with E-state index in [0.717, 1.165) is 9.26 Å². The molecule has 1 aromatic carbocycles. The fourth-order valence-corrected chi connectivity index (χ4v) is 2.33. The number of para-hydroxylation sites is 1. The lowest BCUT2D eigenvalue weighted by atomic mass is 10.3. The number of aromatic carboxylic acids is 1. The molecule has 0 aliphatic carbocycles. The molecule has 2 rings (SSSR count). The van der Waals surface area contributed by atoms with Crippen LogP contribution in [0.3, 0.4) is 0 Å². The Bertz CT molecular complexity index is 527. The van der Waals surface area contributed by atoms with E-state index in [-0.39, 0.29) is 5.69 Å². The number of hydrogen-bond acceptors (Lipinski definition) is 4. The van der Waals surface area contributed by atoms with Crippen LogP contribution in [0.25, 0.3) is 0 Å². The summed E-state index contributed by atoms with van der Waals surface area (Å²) in [5.41, 5.74) is 0.993. The number of anilines is 2. The Hall–Kier alpha value is -1.15. The molecule has 1 aromatic heterocycles. The standard InChI is InChI=1S/C10H7IN2O2S/c11-6-3-1-2-4-7(6)12-10-13-8(5-16-10)9(14)15/h1-5H,(H,12,13)(H,14,15). The molecule has 0 saturated heterocycles. The van der Waals surface area contributed by atoms with Gasteiger partial charge in [-0.3, -0.25) is 0 Å². The minimum atomic E-state index is -1.01. The maximum Gasteiger partial charge on any atom is 0.355 e. The molecule has 2 aromatic rings. The number of nitrogens with zero attached hydrogens (tertiary/aromatic N) is 1. The Morgan fingerprint density at radius 2 is 2.19 bits per heavy atom. The monoisotopic (exact) mass is 346 g/mol. The minimum absolute atomic E-state index is 0.0680. The number of carbonyl (C=O) groups is 1. The van der Waals surface area contributed by atoms with Crippen LogP contribution in [-0.4, -0.2) is 16.1 Å². The lowest BCUT2D eigenvalue weighted by molar-refractivity contribution is 0.0691. The van der Waals surface area contributed by atoms with Gasteiger partial charge in [-0.05, 0) is 34.7 Å². The highest BCUT2D eigenvalue weighted by Crippen LogP contribution is 2.24. The van der Waals surface area contributed by atoms with Crippen molar-refractivity contribution in [3.05, 3.63) is 38.9 Å². The van der Waals surface area contributed by atoms with Crippen LogP contribution in [0.1, 0.15) is 10.5 Å². The summed E-state index contributed by atoms with van der Waals surface area (Å²) in [5.74, 6) is -1.01. The van der Waals surface area contributed by atoms with E-state index >= 15 is 0 Å². The number of benzene rings is 1. The summed E-state index contributed by atoms with van der Waals surface area (Å²) in [6, 6.07) is 7.74. The van der Waals surface area contributed by atoms with Crippen LogP contribution >= 0.6 is 33.9 Å². The predicted molar refractivity (Wildman–Crippen MR) is 71.5 cm³/mol. The van der Waals surface area contributed by atoms with Crippen molar-refractivity contribution in [3.8, 4) is 0 Å². The molecule has 0 unspecified atom stereocenters. The molecule has 6 heteroatoms. The third-order valence-electron chi connectivity index (χ3n) is 1.84. The van der Waals surface area contributed by atoms with E-state index in [2.05, 4.69) is 32.9 Å². The molecule has 0 radical (unpaired) electrons. The van der Waals surface area contributed by atoms with Crippen molar-refractivity contribution in [1.82, 2.24) is 4.98 Å². The van der Waals surface area contributed by atoms with E-state index in [1.165, 1.54) is 16.7 Å². The molecular weight excluding hydrogens is 339 g/mol. The Balaban J connectivity index is 2.21. The van der Waals surface area contributed by atoms with Crippen LogP contribution in [0.2, 0.25) is 0 Å². The molecule has 1 heterocycles. The first-order chi connectivity index (χ1) is 7.66. The zero-order valence-electron chi connectivity index (χ0n) is 7.98. The van der Waals surface area contributed by atoms with Gasteiger partial charge in [-0.1, -0.05) is 12.1 Å². The van der Waals surface area contributed by atoms with Gasteiger partial charge in [-0.2, -0.15) is 0 Å². The maximum absolute atomic E-state index is 10.6. The molecular formula is C10H7IN2O2S. The summed E-state index contributed by atoms with van der Waals surface area (Å²) < 4.78 is 1.06. The summed E-state index contributed by atoms with van der Waals surface area (Å²) in [6.07, 6.45) is 0. The summed E-state index contributed by atoms with van der Waals surface area (Å²) >= 11 is 3.48. The van der Waals surface area contributed by atoms with Crippen LogP contribution in [-0.2, 0) is 0 Å². The van der Waals surface area contributed by atoms with E-state index < -0.39 is 5.97 Å². The SMILES string of the molecule is O=C(O)c1csc(Nc2ccccc2I)n1. The smallest absolute Gasteiger partial charge is 0.355 e. The average molecular weight is 346 g/mol. The maximum atomic E-state index is 10.6. The topological polar surface area (TPSA) is 62.2 Å². The average Bonchev–Trinajstić information content (AvgIpc) is 2.70.